The molecule has 0 radical (unpaired) electrons. The molecule has 0 aromatic heterocycles. The van der Waals surface area contributed by atoms with Crippen molar-refractivity contribution in [2.45, 2.75) is 24.3 Å². The minimum Gasteiger partial charge on any atom is -0.328 e. The smallest absolute Gasteiger partial charge is 0.178 e. The van der Waals surface area contributed by atoms with E-state index in [1.807, 2.05) is 0 Å². The van der Waals surface area contributed by atoms with E-state index in [0.717, 1.165) is 0 Å². The summed E-state index contributed by atoms with van der Waals surface area (Å²) in [5.74, 6) is 0.0605. The molecule has 2 N–H and O–H groups in total. The lowest BCUT2D eigenvalue weighted by molar-refractivity contribution is 0.587. The van der Waals surface area contributed by atoms with E-state index in [1.165, 1.54) is 6.07 Å². The van der Waals surface area contributed by atoms with Crippen LogP contribution in [0.1, 0.15) is 13.3 Å². The van der Waals surface area contributed by atoms with Crippen LogP contribution in [0.2, 0.25) is 5.02 Å². The van der Waals surface area contributed by atoms with Gasteiger partial charge in [0.05, 0.1) is 10.6 Å². The summed E-state index contributed by atoms with van der Waals surface area (Å²) in [5, 5.41) is 0.428. The van der Waals surface area contributed by atoms with Crippen molar-refractivity contribution in [3.8, 4) is 0 Å². The molecule has 84 valence electrons. The number of hydrogen-bond acceptors (Lipinski definition) is 3. The lowest BCUT2D eigenvalue weighted by Gasteiger charge is -2.06. The van der Waals surface area contributed by atoms with Crippen LogP contribution in [0, 0.1) is 0 Å². The average molecular weight is 248 g/mol. The van der Waals surface area contributed by atoms with Crippen molar-refractivity contribution in [2.24, 2.45) is 5.73 Å². The van der Waals surface area contributed by atoms with Crippen LogP contribution >= 0.6 is 11.6 Å². The molecule has 0 fully saturated rings. The molecule has 0 heterocycles. The number of halogens is 1. The maximum absolute atomic E-state index is 11.8. The first-order chi connectivity index (χ1) is 6.92. The minimum atomic E-state index is -3.24. The second-order valence-corrected chi connectivity index (χ2v) is 6.09. The summed E-state index contributed by atoms with van der Waals surface area (Å²) in [7, 11) is -3.24. The van der Waals surface area contributed by atoms with Gasteiger partial charge in [-0.15, -0.1) is 0 Å². The van der Waals surface area contributed by atoms with E-state index in [2.05, 4.69) is 0 Å². The summed E-state index contributed by atoms with van der Waals surface area (Å²) < 4.78 is 23.5. The molecular weight excluding hydrogens is 234 g/mol. The third kappa shape index (κ3) is 3.81. The van der Waals surface area contributed by atoms with Crippen molar-refractivity contribution in [1.29, 1.82) is 0 Å². The molecule has 0 aliphatic carbocycles. The summed E-state index contributed by atoms with van der Waals surface area (Å²) in [6.45, 7) is 1.79. The van der Waals surface area contributed by atoms with Crippen LogP contribution < -0.4 is 5.73 Å². The Morgan fingerprint density at radius 3 is 2.67 bits per heavy atom. The molecule has 0 aliphatic heterocycles. The van der Waals surface area contributed by atoms with E-state index in [-0.39, 0.29) is 16.7 Å². The Hall–Kier alpha value is -0.580. The zero-order chi connectivity index (χ0) is 11.5. The third-order valence-electron chi connectivity index (χ3n) is 2.00. The molecule has 5 heteroatoms. The lowest BCUT2D eigenvalue weighted by Crippen LogP contribution is -2.20. The highest BCUT2D eigenvalue weighted by molar-refractivity contribution is 7.91. The maximum Gasteiger partial charge on any atom is 0.178 e. The Morgan fingerprint density at radius 2 is 2.13 bits per heavy atom. The normalized spacial score (nSPS) is 13.8. The highest BCUT2D eigenvalue weighted by Gasteiger charge is 2.14. The van der Waals surface area contributed by atoms with Gasteiger partial charge in [-0.2, -0.15) is 0 Å². The molecule has 0 amide bonds. The van der Waals surface area contributed by atoms with E-state index >= 15 is 0 Å². The number of sulfone groups is 1. The van der Waals surface area contributed by atoms with Crippen LogP contribution in [0.15, 0.2) is 29.2 Å². The van der Waals surface area contributed by atoms with E-state index in [0.29, 0.717) is 11.4 Å². The van der Waals surface area contributed by atoms with Crippen LogP contribution in [0.4, 0.5) is 0 Å². The summed E-state index contributed by atoms with van der Waals surface area (Å²) in [6.07, 6.45) is 0.453. The maximum atomic E-state index is 11.8. The standard InChI is InChI=1S/C10H14ClNO2S/c1-8(12)5-6-15(13,14)10-4-2-3-9(11)7-10/h2-4,7-8H,5-6,12H2,1H3. The Balaban J connectivity index is 2.87. The zero-order valence-electron chi connectivity index (χ0n) is 8.48. The molecule has 1 aromatic rings. The molecule has 15 heavy (non-hydrogen) atoms. The molecule has 1 unspecified atom stereocenters. The Labute approximate surface area is 95.2 Å². The summed E-state index contributed by atoms with van der Waals surface area (Å²) in [6, 6.07) is 6.16. The van der Waals surface area contributed by atoms with E-state index in [1.54, 1.807) is 25.1 Å². The largest absolute Gasteiger partial charge is 0.328 e. The molecule has 0 bridgehead atoms. The SMILES string of the molecule is CC(N)CCS(=O)(=O)c1cccc(Cl)c1. The van der Waals surface area contributed by atoms with Gasteiger partial charge in [0.2, 0.25) is 0 Å². The Morgan fingerprint density at radius 1 is 1.47 bits per heavy atom. The average Bonchev–Trinajstić information content (AvgIpc) is 2.15. The van der Waals surface area contributed by atoms with Gasteiger partial charge in [-0.1, -0.05) is 17.7 Å². The third-order valence-corrected chi connectivity index (χ3v) is 3.98. The molecule has 0 spiro atoms. The van der Waals surface area contributed by atoms with Gasteiger partial charge in [0.15, 0.2) is 9.84 Å². The van der Waals surface area contributed by atoms with Gasteiger partial charge in [0.25, 0.3) is 0 Å². The molecule has 1 aromatic carbocycles. The summed E-state index contributed by atoms with van der Waals surface area (Å²) >= 11 is 5.72. The van der Waals surface area contributed by atoms with Crippen LogP contribution in [-0.4, -0.2) is 20.2 Å². The predicted molar refractivity (Wildman–Crippen MR) is 61.8 cm³/mol. The fourth-order valence-electron chi connectivity index (χ4n) is 1.12. The van der Waals surface area contributed by atoms with Crippen molar-refractivity contribution in [2.75, 3.05) is 5.75 Å². The van der Waals surface area contributed by atoms with Crippen molar-refractivity contribution < 1.29 is 8.42 Å². The molecule has 1 rings (SSSR count). The van der Waals surface area contributed by atoms with Gasteiger partial charge in [-0.3, -0.25) is 0 Å². The zero-order valence-corrected chi connectivity index (χ0v) is 10.1. The second kappa shape index (κ2) is 4.96. The fraction of sp³-hybridized carbons (Fsp3) is 0.400. The summed E-state index contributed by atoms with van der Waals surface area (Å²) in [4.78, 5) is 0.260. The van der Waals surface area contributed by atoms with Gasteiger partial charge >= 0.3 is 0 Å². The molecule has 0 saturated heterocycles. The van der Waals surface area contributed by atoms with Gasteiger partial charge < -0.3 is 5.73 Å². The topological polar surface area (TPSA) is 60.2 Å². The first kappa shape index (κ1) is 12.5. The van der Waals surface area contributed by atoms with E-state index < -0.39 is 9.84 Å². The minimum absolute atomic E-state index is 0.0605. The van der Waals surface area contributed by atoms with E-state index in [9.17, 15) is 8.42 Å². The van der Waals surface area contributed by atoms with Crippen molar-refractivity contribution in [1.82, 2.24) is 0 Å². The fourth-order valence-corrected chi connectivity index (χ4v) is 2.88. The van der Waals surface area contributed by atoms with Gasteiger partial charge in [-0.05, 0) is 31.5 Å². The Kier molecular flexibility index (Phi) is 4.13. The van der Waals surface area contributed by atoms with E-state index in [4.69, 9.17) is 17.3 Å². The number of rotatable bonds is 4. The van der Waals surface area contributed by atoms with Gasteiger partial charge in [-0.25, -0.2) is 8.42 Å². The first-order valence-electron chi connectivity index (χ1n) is 4.66. The highest BCUT2D eigenvalue weighted by Crippen LogP contribution is 2.17. The van der Waals surface area contributed by atoms with Crippen LogP contribution in [0.25, 0.3) is 0 Å². The number of hydrogen-bond donors (Lipinski definition) is 1. The van der Waals surface area contributed by atoms with Gasteiger partial charge in [0.1, 0.15) is 0 Å². The molecule has 0 saturated carbocycles. The predicted octanol–water partition coefficient (Wildman–Crippen LogP) is 1.85. The van der Waals surface area contributed by atoms with Crippen molar-refractivity contribution >= 4 is 21.4 Å². The number of benzene rings is 1. The molecular formula is C10H14ClNO2S. The molecule has 3 nitrogen and oxygen atoms in total. The monoisotopic (exact) mass is 247 g/mol. The lowest BCUT2D eigenvalue weighted by atomic mass is 10.3. The highest BCUT2D eigenvalue weighted by atomic mass is 35.5. The first-order valence-corrected chi connectivity index (χ1v) is 6.69. The summed E-state index contributed by atoms with van der Waals surface area (Å²) in [5.41, 5.74) is 5.52. The Bertz CT molecular complexity index is 429. The van der Waals surface area contributed by atoms with Gasteiger partial charge in [0, 0.05) is 11.1 Å². The van der Waals surface area contributed by atoms with Crippen LogP contribution in [0.5, 0.6) is 0 Å². The van der Waals surface area contributed by atoms with Crippen LogP contribution in [0.3, 0.4) is 0 Å². The van der Waals surface area contributed by atoms with Crippen molar-refractivity contribution in [3.63, 3.8) is 0 Å². The quantitative estimate of drug-likeness (QED) is 0.883. The van der Waals surface area contributed by atoms with Crippen molar-refractivity contribution in [3.05, 3.63) is 29.3 Å². The number of nitrogens with two attached hydrogens (primary N) is 1. The van der Waals surface area contributed by atoms with Crippen LogP contribution in [-0.2, 0) is 9.84 Å². The molecule has 1 atom stereocenters. The second-order valence-electron chi connectivity index (χ2n) is 3.54. The molecule has 0 aliphatic rings.